The second-order valence-corrected chi connectivity index (χ2v) is 9.73. The molecule has 1 aliphatic heterocycles. The van der Waals surface area contributed by atoms with Crippen LogP contribution in [0.2, 0.25) is 5.02 Å². The summed E-state index contributed by atoms with van der Waals surface area (Å²) in [5.41, 5.74) is 5.55. The Balaban J connectivity index is 1.41. The van der Waals surface area contributed by atoms with Crippen LogP contribution in [0, 0.1) is 6.92 Å². The van der Waals surface area contributed by atoms with Gasteiger partial charge in [-0.3, -0.25) is 14.7 Å². The molecule has 37 heavy (non-hydrogen) atoms. The summed E-state index contributed by atoms with van der Waals surface area (Å²) in [6.45, 7) is 5.60. The van der Waals surface area contributed by atoms with Gasteiger partial charge in [0.05, 0.1) is 11.1 Å². The van der Waals surface area contributed by atoms with Crippen molar-refractivity contribution in [2.45, 2.75) is 39.5 Å². The fourth-order valence-corrected chi connectivity index (χ4v) is 4.88. The fraction of sp³-hybridized carbons (Fsp3) is 0.233. The van der Waals surface area contributed by atoms with Gasteiger partial charge in [0.1, 0.15) is 0 Å². The molecule has 0 fully saturated rings. The Labute approximate surface area is 221 Å². The monoisotopic (exact) mass is 513 g/mol. The van der Waals surface area contributed by atoms with E-state index in [2.05, 4.69) is 22.3 Å². The smallest absolute Gasteiger partial charge is 0.339 e. The SMILES string of the molecule is Cc1c(Cl)cccc1NC(=O)C(C)OC(=O)c1c2c(nc3ccccc13)CCN(Cc1ccccc1)C2. The van der Waals surface area contributed by atoms with E-state index in [-0.39, 0.29) is 0 Å². The Kier molecular flexibility index (Phi) is 7.22. The lowest BCUT2D eigenvalue weighted by Crippen LogP contribution is -2.34. The van der Waals surface area contributed by atoms with Crippen molar-refractivity contribution in [3.8, 4) is 0 Å². The first kappa shape index (κ1) is 24.9. The van der Waals surface area contributed by atoms with Crippen LogP contribution in [0.25, 0.3) is 10.9 Å². The number of nitrogens with zero attached hydrogens (tertiary/aromatic N) is 2. The second kappa shape index (κ2) is 10.7. The third-order valence-corrected chi connectivity index (χ3v) is 7.17. The summed E-state index contributed by atoms with van der Waals surface area (Å²) in [5.74, 6) is -0.946. The van der Waals surface area contributed by atoms with Crippen molar-refractivity contribution in [1.82, 2.24) is 9.88 Å². The fourth-order valence-electron chi connectivity index (χ4n) is 4.71. The molecular weight excluding hydrogens is 486 g/mol. The van der Waals surface area contributed by atoms with E-state index in [1.807, 2.05) is 49.4 Å². The molecule has 0 spiro atoms. The third-order valence-electron chi connectivity index (χ3n) is 6.76. The average molecular weight is 514 g/mol. The lowest BCUT2D eigenvalue weighted by Gasteiger charge is -2.30. The summed E-state index contributed by atoms with van der Waals surface area (Å²) in [7, 11) is 0. The molecule has 0 bridgehead atoms. The molecule has 1 aliphatic rings. The second-order valence-electron chi connectivity index (χ2n) is 9.32. The minimum Gasteiger partial charge on any atom is -0.449 e. The quantitative estimate of drug-likeness (QED) is 0.323. The van der Waals surface area contributed by atoms with E-state index in [9.17, 15) is 9.59 Å². The van der Waals surface area contributed by atoms with E-state index in [0.717, 1.165) is 47.2 Å². The van der Waals surface area contributed by atoms with Crippen LogP contribution in [0.15, 0.2) is 72.8 Å². The van der Waals surface area contributed by atoms with E-state index >= 15 is 0 Å². The van der Waals surface area contributed by atoms with Crippen LogP contribution in [0.3, 0.4) is 0 Å². The molecule has 5 rings (SSSR count). The number of fused-ring (bicyclic) bond motifs is 2. The largest absolute Gasteiger partial charge is 0.449 e. The van der Waals surface area contributed by atoms with Gasteiger partial charge in [0.25, 0.3) is 5.91 Å². The van der Waals surface area contributed by atoms with E-state index in [4.69, 9.17) is 21.3 Å². The Morgan fingerprint density at radius 2 is 1.81 bits per heavy atom. The number of benzene rings is 3. The van der Waals surface area contributed by atoms with Gasteiger partial charge in [0.15, 0.2) is 6.10 Å². The minimum atomic E-state index is -1.00. The predicted molar refractivity (Wildman–Crippen MR) is 146 cm³/mol. The van der Waals surface area contributed by atoms with Crippen LogP contribution in [-0.2, 0) is 29.0 Å². The molecule has 0 saturated heterocycles. The first-order chi connectivity index (χ1) is 17.9. The van der Waals surface area contributed by atoms with Crippen LogP contribution in [0.4, 0.5) is 5.69 Å². The van der Waals surface area contributed by atoms with Crippen molar-refractivity contribution >= 4 is 40.1 Å². The molecule has 1 N–H and O–H groups in total. The Hall–Kier alpha value is -3.74. The highest BCUT2D eigenvalue weighted by Gasteiger charge is 2.29. The maximum Gasteiger partial charge on any atom is 0.339 e. The number of para-hydroxylation sites is 1. The number of pyridine rings is 1. The van der Waals surface area contributed by atoms with Crippen LogP contribution in [0.5, 0.6) is 0 Å². The van der Waals surface area contributed by atoms with Gasteiger partial charge in [-0.25, -0.2) is 4.79 Å². The van der Waals surface area contributed by atoms with Gasteiger partial charge in [-0.1, -0.05) is 66.2 Å². The normalized spacial score (nSPS) is 14.1. The topological polar surface area (TPSA) is 71.5 Å². The van der Waals surface area contributed by atoms with E-state index < -0.39 is 18.0 Å². The Morgan fingerprint density at radius 1 is 1.05 bits per heavy atom. The number of aromatic nitrogens is 1. The first-order valence-corrected chi connectivity index (χ1v) is 12.7. The molecule has 2 heterocycles. The van der Waals surface area contributed by atoms with Crippen LogP contribution < -0.4 is 5.32 Å². The van der Waals surface area contributed by atoms with E-state index in [1.165, 1.54) is 5.56 Å². The summed E-state index contributed by atoms with van der Waals surface area (Å²) in [5, 5.41) is 4.10. The van der Waals surface area contributed by atoms with Gasteiger partial charge in [0.2, 0.25) is 0 Å². The van der Waals surface area contributed by atoms with Crippen LogP contribution in [-0.4, -0.2) is 34.4 Å². The maximum atomic E-state index is 13.6. The summed E-state index contributed by atoms with van der Waals surface area (Å²) in [4.78, 5) is 33.7. The highest BCUT2D eigenvalue weighted by atomic mass is 35.5. The molecule has 3 aromatic carbocycles. The molecule has 1 amide bonds. The standard InChI is InChI=1S/C30H28ClN3O3/c1-19-24(31)12-8-14-25(19)33-29(35)20(2)37-30(36)28-22-11-6-7-13-26(22)32-27-15-16-34(18-23(27)28)17-21-9-4-3-5-10-21/h3-14,20H,15-18H2,1-2H3,(H,33,35). The van der Waals surface area contributed by atoms with Crippen LogP contribution in [0.1, 0.15) is 39.7 Å². The van der Waals surface area contributed by atoms with E-state index in [0.29, 0.717) is 22.8 Å². The number of rotatable bonds is 6. The molecule has 1 unspecified atom stereocenters. The average Bonchev–Trinajstić information content (AvgIpc) is 2.90. The van der Waals surface area contributed by atoms with Gasteiger partial charge in [0, 0.05) is 53.4 Å². The minimum absolute atomic E-state index is 0.420. The lowest BCUT2D eigenvalue weighted by molar-refractivity contribution is -0.123. The summed E-state index contributed by atoms with van der Waals surface area (Å²) in [6.07, 6.45) is -0.269. The number of anilines is 1. The van der Waals surface area contributed by atoms with E-state index in [1.54, 1.807) is 25.1 Å². The number of nitrogens with one attached hydrogen (secondary N) is 1. The molecule has 1 aromatic heterocycles. The van der Waals surface area contributed by atoms with Gasteiger partial charge < -0.3 is 10.1 Å². The van der Waals surface area contributed by atoms with Crippen molar-refractivity contribution < 1.29 is 14.3 Å². The molecule has 4 aromatic rings. The molecule has 188 valence electrons. The van der Waals surface area contributed by atoms with Crippen molar-refractivity contribution in [2.24, 2.45) is 0 Å². The highest BCUT2D eigenvalue weighted by Crippen LogP contribution is 2.30. The van der Waals surface area contributed by atoms with Crippen LogP contribution >= 0.6 is 11.6 Å². The summed E-state index contributed by atoms with van der Waals surface area (Å²) < 4.78 is 5.74. The van der Waals surface area contributed by atoms with Crippen molar-refractivity contribution in [2.75, 3.05) is 11.9 Å². The third kappa shape index (κ3) is 5.36. The zero-order chi connectivity index (χ0) is 25.9. The molecular formula is C30H28ClN3O3. The highest BCUT2D eigenvalue weighted by molar-refractivity contribution is 6.31. The number of esters is 1. The van der Waals surface area contributed by atoms with Crippen molar-refractivity contribution in [3.63, 3.8) is 0 Å². The summed E-state index contributed by atoms with van der Waals surface area (Å²) >= 11 is 6.18. The van der Waals surface area contributed by atoms with Gasteiger partial charge >= 0.3 is 5.97 Å². The number of carbonyl (C=O) groups excluding carboxylic acids is 2. The molecule has 0 aliphatic carbocycles. The maximum absolute atomic E-state index is 13.6. The molecule has 6 nitrogen and oxygen atoms in total. The van der Waals surface area contributed by atoms with Crippen molar-refractivity contribution in [3.05, 3.63) is 106 Å². The zero-order valence-corrected chi connectivity index (χ0v) is 21.6. The van der Waals surface area contributed by atoms with Crippen molar-refractivity contribution in [1.29, 1.82) is 0 Å². The number of carbonyl (C=O) groups is 2. The lowest BCUT2D eigenvalue weighted by atomic mass is 9.95. The molecule has 0 radical (unpaired) electrons. The summed E-state index contributed by atoms with van der Waals surface area (Å²) in [6, 6.07) is 23.1. The zero-order valence-electron chi connectivity index (χ0n) is 20.8. The number of ether oxygens (including phenoxy) is 1. The number of hydrogen-bond donors (Lipinski definition) is 1. The predicted octanol–water partition coefficient (Wildman–Crippen LogP) is 5.94. The Morgan fingerprint density at radius 3 is 2.62 bits per heavy atom. The van der Waals surface area contributed by atoms with Gasteiger partial charge in [-0.2, -0.15) is 0 Å². The number of halogens is 1. The van der Waals surface area contributed by atoms with Gasteiger partial charge in [-0.15, -0.1) is 0 Å². The first-order valence-electron chi connectivity index (χ1n) is 12.3. The Bertz CT molecular complexity index is 1470. The molecule has 1 atom stereocenters. The number of hydrogen-bond acceptors (Lipinski definition) is 5. The molecule has 0 saturated carbocycles. The number of amides is 1. The molecule has 7 heteroatoms. The van der Waals surface area contributed by atoms with Gasteiger partial charge in [-0.05, 0) is 43.2 Å².